The van der Waals surface area contributed by atoms with Crippen LogP contribution in [0.1, 0.15) is 53.4 Å². The standard InChI is InChI=1S/C15H25NO5/c1-5-20-13(18)9-11(17)8-12(10-6-7-10)16-14(19)21-15(2,3)4/h10,12H,5-9H2,1-4H3,(H,16,19). The van der Waals surface area contributed by atoms with Crippen LogP contribution in [0.2, 0.25) is 0 Å². The van der Waals surface area contributed by atoms with Gasteiger partial charge < -0.3 is 14.8 Å². The fourth-order valence-electron chi connectivity index (χ4n) is 1.98. The van der Waals surface area contributed by atoms with Gasteiger partial charge in [0, 0.05) is 12.5 Å². The molecule has 0 aliphatic heterocycles. The van der Waals surface area contributed by atoms with Gasteiger partial charge in [0.15, 0.2) is 0 Å². The number of carbonyl (C=O) groups excluding carboxylic acids is 3. The van der Waals surface area contributed by atoms with E-state index in [1.54, 1.807) is 27.7 Å². The van der Waals surface area contributed by atoms with Crippen molar-refractivity contribution in [3.05, 3.63) is 0 Å². The normalized spacial score (nSPS) is 16.0. The average Bonchev–Trinajstić information content (AvgIpc) is 3.08. The van der Waals surface area contributed by atoms with Crippen molar-refractivity contribution in [2.24, 2.45) is 5.92 Å². The van der Waals surface area contributed by atoms with E-state index in [1.807, 2.05) is 0 Å². The molecule has 1 aliphatic rings. The van der Waals surface area contributed by atoms with Crippen LogP contribution < -0.4 is 5.32 Å². The number of carbonyl (C=O) groups is 3. The molecule has 1 atom stereocenters. The van der Waals surface area contributed by atoms with Gasteiger partial charge in [0.2, 0.25) is 0 Å². The molecule has 1 rings (SSSR count). The number of hydrogen-bond acceptors (Lipinski definition) is 5. The maximum Gasteiger partial charge on any atom is 0.407 e. The Hall–Kier alpha value is -1.59. The van der Waals surface area contributed by atoms with Gasteiger partial charge in [-0.2, -0.15) is 0 Å². The van der Waals surface area contributed by atoms with Gasteiger partial charge in [-0.25, -0.2) is 4.79 Å². The Bertz CT molecular complexity index is 395. The van der Waals surface area contributed by atoms with Crippen molar-refractivity contribution in [3.8, 4) is 0 Å². The lowest BCUT2D eigenvalue weighted by atomic mass is 10.0. The number of amides is 1. The molecule has 0 radical (unpaired) electrons. The Morgan fingerprint density at radius 3 is 2.33 bits per heavy atom. The zero-order chi connectivity index (χ0) is 16.0. The van der Waals surface area contributed by atoms with Gasteiger partial charge in [-0.3, -0.25) is 9.59 Å². The summed E-state index contributed by atoms with van der Waals surface area (Å²) in [5, 5.41) is 2.74. The largest absolute Gasteiger partial charge is 0.466 e. The molecular weight excluding hydrogens is 274 g/mol. The predicted molar refractivity (Wildman–Crippen MR) is 76.8 cm³/mol. The fraction of sp³-hybridized carbons (Fsp3) is 0.800. The highest BCUT2D eigenvalue weighted by atomic mass is 16.6. The van der Waals surface area contributed by atoms with Crippen LogP contribution >= 0.6 is 0 Å². The van der Waals surface area contributed by atoms with E-state index in [0.29, 0.717) is 5.92 Å². The molecule has 0 spiro atoms. The number of ketones is 1. The molecule has 6 nitrogen and oxygen atoms in total. The summed E-state index contributed by atoms with van der Waals surface area (Å²) >= 11 is 0. The first-order valence-electron chi connectivity index (χ1n) is 7.38. The molecule has 1 fully saturated rings. The molecule has 0 saturated heterocycles. The minimum Gasteiger partial charge on any atom is -0.466 e. The molecule has 1 aliphatic carbocycles. The molecule has 0 heterocycles. The third kappa shape index (κ3) is 7.68. The van der Waals surface area contributed by atoms with Gasteiger partial charge in [-0.05, 0) is 46.5 Å². The third-order valence-corrected chi connectivity index (χ3v) is 2.99. The zero-order valence-corrected chi connectivity index (χ0v) is 13.2. The summed E-state index contributed by atoms with van der Waals surface area (Å²) in [6.07, 6.45) is 1.33. The Morgan fingerprint density at radius 1 is 1.24 bits per heavy atom. The van der Waals surface area contributed by atoms with E-state index in [9.17, 15) is 14.4 Å². The molecular formula is C15H25NO5. The number of Topliss-reactive ketones (excluding diaryl/α,β-unsaturated/α-hetero) is 1. The van der Waals surface area contributed by atoms with Crippen molar-refractivity contribution in [1.29, 1.82) is 0 Å². The van der Waals surface area contributed by atoms with Crippen molar-refractivity contribution in [1.82, 2.24) is 5.32 Å². The zero-order valence-electron chi connectivity index (χ0n) is 13.2. The maximum absolute atomic E-state index is 11.8. The molecule has 1 N–H and O–H groups in total. The highest BCUT2D eigenvalue weighted by Gasteiger charge is 2.35. The van der Waals surface area contributed by atoms with Gasteiger partial charge in [0.05, 0.1) is 6.61 Å². The van der Waals surface area contributed by atoms with E-state index in [0.717, 1.165) is 12.8 Å². The van der Waals surface area contributed by atoms with Crippen LogP contribution in [-0.4, -0.2) is 36.1 Å². The van der Waals surface area contributed by atoms with Crippen LogP contribution in [0.4, 0.5) is 4.79 Å². The van der Waals surface area contributed by atoms with Crippen molar-refractivity contribution >= 4 is 17.8 Å². The Kier molecular flexibility index (Phi) is 6.18. The van der Waals surface area contributed by atoms with Gasteiger partial charge in [-0.1, -0.05) is 0 Å². The Balaban J connectivity index is 2.45. The molecule has 21 heavy (non-hydrogen) atoms. The van der Waals surface area contributed by atoms with Gasteiger partial charge >= 0.3 is 12.1 Å². The van der Waals surface area contributed by atoms with E-state index in [1.165, 1.54) is 0 Å². The lowest BCUT2D eigenvalue weighted by Gasteiger charge is -2.23. The highest BCUT2D eigenvalue weighted by Crippen LogP contribution is 2.34. The monoisotopic (exact) mass is 299 g/mol. The van der Waals surface area contributed by atoms with Gasteiger partial charge in [-0.15, -0.1) is 0 Å². The summed E-state index contributed by atoms with van der Waals surface area (Å²) in [6.45, 7) is 7.30. The van der Waals surface area contributed by atoms with E-state index in [2.05, 4.69) is 5.32 Å². The summed E-state index contributed by atoms with van der Waals surface area (Å²) in [4.78, 5) is 34.9. The minimum absolute atomic E-state index is 0.142. The molecule has 120 valence electrons. The van der Waals surface area contributed by atoms with Crippen molar-refractivity contribution in [2.45, 2.75) is 65.0 Å². The van der Waals surface area contributed by atoms with Crippen molar-refractivity contribution in [2.75, 3.05) is 6.61 Å². The number of alkyl carbamates (subject to hydrolysis) is 1. The van der Waals surface area contributed by atoms with E-state index >= 15 is 0 Å². The smallest absolute Gasteiger partial charge is 0.407 e. The quantitative estimate of drug-likeness (QED) is 0.575. The summed E-state index contributed by atoms with van der Waals surface area (Å²) in [5.41, 5.74) is -0.576. The van der Waals surface area contributed by atoms with Crippen molar-refractivity contribution in [3.63, 3.8) is 0 Å². The van der Waals surface area contributed by atoms with Crippen molar-refractivity contribution < 1.29 is 23.9 Å². The molecule has 0 bridgehead atoms. The SMILES string of the molecule is CCOC(=O)CC(=O)CC(NC(=O)OC(C)(C)C)C1CC1. The summed E-state index contributed by atoms with van der Waals surface area (Å²) in [6, 6.07) is -0.262. The topological polar surface area (TPSA) is 81.7 Å². The van der Waals surface area contributed by atoms with E-state index in [-0.39, 0.29) is 31.3 Å². The highest BCUT2D eigenvalue weighted by molar-refractivity contribution is 5.96. The molecule has 1 unspecified atom stereocenters. The van der Waals surface area contributed by atoms with E-state index < -0.39 is 17.7 Å². The fourth-order valence-corrected chi connectivity index (χ4v) is 1.98. The second-order valence-electron chi connectivity index (χ2n) is 6.31. The summed E-state index contributed by atoms with van der Waals surface area (Å²) in [5.74, 6) is -0.445. The Labute approximate surface area is 125 Å². The first-order valence-corrected chi connectivity index (χ1v) is 7.38. The second kappa shape index (κ2) is 7.43. The second-order valence-corrected chi connectivity index (χ2v) is 6.31. The number of esters is 1. The van der Waals surface area contributed by atoms with E-state index in [4.69, 9.17) is 9.47 Å². The van der Waals surface area contributed by atoms with Gasteiger partial charge in [0.1, 0.15) is 17.8 Å². The molecule has 0 aromatic rings. The molecule has 1 saturated carbocycles. The number of hydrogen-bond donors (Lipinski definition) is 1. The predicted octanol–water partition coefficient (Wildman–Crippen LogP) is 2.20. The van der Waals surface area contributed by atoms with Crippen LogP contribution in [0, 0.1) is 5.92 Å². The van der Waals surface area contributed by atoms with Crippen LogP contribution in [0.3, 0.4) is 0 Å². The third-order valence-electron chi connectivity index (χ3n) is 2.99. The molecule has 1 amide bonds. The average molecular weight is 299 g/mol. The summed E-state index contributed by atoms with van der Waals surface area (Å²) in [7, 11) is 0. The lowest BCUT2D eigenvalue weighted by Crippen LogP contribution is -2.41. The maximum atomic E-state index is 11.8. The number of nitrogens with one attached hydrogen (secondary N) is 1. The Morgan fingerprint density at radius 2 is 1.86 bits per heavy atom. The first-order chi connectivity index (χ1) is 9.71. The first kappa shape index (κ1) is 17.5. The number of rotatable bonds is 7. The lowest BCUT2D eigenvalue weighted by molar-refractivity contribution is -0.145. The van der Waals surface area contributed by atoms with Crippen LogP contribution in [0.15, 0.2) is 0 Å². The molecule has 6 heteroatoms. The minimum atomic E-state index is -0.576. The van der Waals surface area contributed by atoms with Crippen LogP contribution in [0.5, 0.6) is 0 Å². The summed E-state index contributed by atoms with van der Waals surface area (Å²) < 4.78 is 9.94. The van der Waals surface area contributed by atoms with Gasteiger partial charge in [0.25, 0.3) is 0 Å². The van der Waals surface area contributed by atoms with Crippen LogP contribution in [-0.2, 0) is 19.1 Å². The molecule has 0 aromatic heterocycles. The molecule has 0 aromatic carbocycles. The number of ether oxygens (including phenoxy) is 2. The van der Waals surface area contributed by atoms with Crippen LogP contribution in [0.25, 0.3) is 0 Å².